The zero-order chi connectivity index (χ0) is 15.9. The van der Waals surface area contributed by atoms with Crippen LogP contribution in [-0.4, -0.2) is 33.9 Å². The summed E-state index contributed by atoms with van der Waals surface area (Å²) >= 11 is 1.69. The molecule has 1 aromatic heterocycles. The smallest absolute Gasteiger partial charge is 0.241 e. The number of H-pyrrole nitrogens is 1. The third kappa shape index (κ3) is 4.48. The Balaban J connectivity index is 2.04. The van der Waals surface area contributed by atoms with E-state index in [4.69, 9.17) is 5.73 Å². The Morgan fingerprint density at radius 2 is 2.32 bits per heavy atom. The fraction of sp³-hybridized carbons (Fsp3) is 0.500. The third-order valence-electron chi connectivity index (χ3n) is 3.54. The molecule has 0 bridgehead atoms. The zero-order valence-corrected chi connectivity index (χ0v) is 14.0. The number of rotatable bonds is 8. The number of unbranched alkanes of at least 4 members (excludes halogenated alkanes) is 1. The van der Waals surface area contributed by atoms with Gasteiger partial charge >= 0.3 is 0 Å². The van der Waals surface area contributed by atoms with Gasteiger partial charge in [0.05, 0.1) is 17.1 Å². The molecule has 0 aliphatic carbocycles. The van der Waals surface area contributed by atoms with Crippen LogP contribution < -0.4 is 11.1 Å². The topological polar surface area (TPSA) is 83.8 Å². The van der Waals surface area contributed by atoms with Crippen LogP contribution in [0.2, 0.25) is 0 Å². The number of carbonyl (C=O) groups excluding carboxylic acids is 1. The number of aryl methyl sites for hydroxylation is 1. The van der Waals surface area contributed by atoms with Gasteiger partial charge in [-0.15, -0.1) is 0 Å². The van der Waals surface area contributed by atoms with Crippen molar-refractivity contribution in [3.8, 4) is 0 Å². The van der Waals surface area contributed by atoms with E-state index in [1.807, 2.05) is 24.5 Å². The molecule has 1 aromatic carbocycles. The van der Waals surface area contributed by atoms with Crippen molar-refractivity contribution in [2.75, 3.05) is 17.3 Å². The van der Waals surface area contributed by atoms with Gasteiger partial charge in [-0.1, -0.05) is 13.3 Å². The highest BCUT2D eigenvalue weighted by atomic mass is 32.2. The number of benzene rings is 1. The van der Waals surface area contributed by atoms with Crippen LogP contribution in [0.25, 0.3) is 11.0 Å². The first-order chi connectivity index (χ1) is 10.6. The van der Waals surface area contributed by atoms with Crippen molar-refractivity contribution in [2.24, 2.45) is 5.73 Å². The van der Waals surface area contributed by atoms with Gasteiger partial charge in [0.1, 0.15) is 5.82 Å². The number of nitrogens with two attached hydrogens (primary N) is 1. The lowest BCUT2D eigenvalue weighted by atomic mass is 10.2. The molecule has 1 atom stereocenters. The number of aromatic amines is 1. The lowest BCUT2D eigenvalue weighted by Crippen LogP contribution is -2.36. The van der Waals surface area contributed by atoms with Gasteiger partial charge in [0.2, 0.25) is 5.91 Å². The van der Waals surface area contributed by atoms with Crippen LogP contribution in [-0.2, 0) is 11.2 Å². The van der Waals surface area contributed by atoms with E-state index in [-0.39, 0.29) is 5.91 Å². The van der Waals surface area contributed by atoms with E-state index in [9.17, 15) is 4.79 Å². The molecule has 120 valence electrons. The number of thioether (sulfide) groups is 1. The first kappa shape index (κ1) is 16.8. The number of anilines is 1. The number of carbonyl (C=O) groups is 1. The Morgan fingerprint density at radius 3 is 3.05 bits per heavy atom. The Bertz CT molecular complexity index is 626. The van der Waals surface area contributed by atoms with Crippen LogP contribution in [0, 0.1) is 0 Å². The lowest BCUT2D eigenvalue weighted by Gasteiger charge is -2.11. The van der Waals surface area contributed by atoms with Gasteiger partial charge < -0.3 is 16.0 Å². The maximum absolute atomic E-state index is 12.0. The van der Waals surface area contributed by atoms with Crippen LogP contribution in [0.4, 0.5) is 5.69 Å². The van der Waals surface area contributed by atoms with Gasteiger partial charge in [-0.3, -0.25) is 4.79 Å². The van der Waals surface area contributed by atoms with Crippen LogP contribution >= 0.6 is 11.8 Å². The minimum Gasteiger partial charge on any atom is -0.342 e. The third-order valence-corrected chi connectivity index (χ3v) is 4.18. The van der Waals surface area contributed by atoms with Crippen molar-refractivity contribution in [2.45, 2.75) is 38.6 Å². The monoisotopic (exact) mass is 320 g/mol. The van der Waals surface area contributed by atoms with E-state index in [0.717, 1.165) is 47.6 Å². The number of amides is 1. The molecule has 0 aliphatic heterocycles. The highest BCUT2D eigenvalue weighted by Gasteiger charge is 2.13. The van der Waals surface area contributed by atoms with Crippen molar-refractivity contribution in [3.63, 3.8) is 0 Å². The molecule has 0 aliphatic rings. The van der Waals surface area contributed by atoms with Gasteiger partial charge in [-0.05, 0) is 43.0 Å². The average Bonchev–Trinajstić information content (AvgIpc) is 2.92. The molecule has 6 heteroatoms. The molecule has 0 unspecified atom stereocenters. The maximum atomic E-state index is 12.0. The van der Waals surface area contributed by atoms with E-state index in [1.165, 1.54) is 0 Å². The largest absolute Gasteiger partial charge is 0.342 e. The van der Waals surface area contributed by atoms with Gasteiger partial charge in [0, 0.05) is 12.1 Å². The molecular weight excluding hydrogens is 296 g/mol. The standard InChI is InChI=1S/C16H24N4OS/c1-3-4-5-15-19-13-7-6-11(10-14(13)20-15)18-16(21)12(17)8-9-22-2/h6-7,10,12H,3-5,8-9,17H2,1-2H3,(H,18,21)(H,19,20)/t12-/m0/s1. The minimum absolute atomic E-state index is 0.140. The Labute approximate surface area is 135 Å². The normalized spacial score (nSPS) is 12.5. The molecule has 22 heavy (non-hydrogen) atoms. The highest BCUT2D eigenvalue weighted by Crippen LogP contribution is 2.18. The zero-order valence-electron chi connectivity index (χ0n) is 13.2. The molecule has 1 amide bonds. The summed E-state index contributed by atoms with van der Waals surface area (Å²) in [5, 5.41) is 2.87. The van der Waals surface area contributed by atoms with E-state index in [2.05, 4.69) is 22.2 Å². The summed E-state index contributed by atoms with van der Waals surface area (Å²) < 4.78 is 0. The van der Waals surface area contributed by atoms with E-state index in [0.29, 0.717) is 6.42 Å². The first-order valence-corrected chi connectivity index (χ1v) is 9.07. The molecule has 0 saturated carbocycles. The summed E-state index contributed by atoms with van der Waals surface area (Å²) in [5.74, 6) is 1.74. The van der Waals surface area contributed by atoms with Gasteiger partial charge in [0.15, 0.2) is 0 Å². The van der Waals surface area contributed by atoms with E-state index < -0.39 is 6.04 Å². The predicted octanol–water partition coefficient (Wildman–Crippen LogP) is 2.92. The van der Waals surface area contributed by atoms with Crippen LogP contribution in [0.15, 0.2) is 18.2 Å². The second-order valence-corrected chi connectivity index (χ2v) is 6.38. The molecule has 0 spiro atoms. The van der Waals surface area contributed by atoms with E-state index >= 15 is 0 Å². The van der Waals surface area contributed by atoms with Crippen molar-refractivity contribution >= 4 is 34.4 Å². The van der Waals surface area contributed by atoms with Gasteiger partial charge in [-0.25, -0.2) is 4.98 Å². The molecule has 2 aromatic rings. The Morgan fingerprint density at radius 1 is 1.50 bits per heavy atom. The predicted molar refractivity (Wildman–Crippen MR) is 94.3 cm³/mol. The van der Waals surface area contributed by atoms with Crippen LogP contribution in [0.3, 0.4) is 0 Å². The molecule has 0 fully saturated rings. The molecule has 2 rings (SSSR count). The fourth-order valence-electron chi connectivity index (χ4n) is 2.21. The van der Waals surface area contributed by atoms with E-state index in [1.54, 1.807) is 11.8 Å². The Kier molecular flexibility index (Phi) is 6.27. The second-order valence-electron chi connectivity index (χ2n) is 5.40. The quantitative estimate of drug-likeness (QED) is 0.698. The summed E-state index contributed by atoms with van der Waals surface area (Å²) in [5.41, 5.74) is 8.50. The molecule has 4 N–H and O–H groups in total. The highest BCUT2D eigenvalue weighted by molar-refractivity contribution is 7.98. The number of imidazole rings is 1. The minimum atomic E-state index is -0.468. The molecule has 1 heterocycles. The summed E-state index contributed by atoms with van der Waals surface area (Å²) in [6.45, 7) is 2.16. The number of hydrogen-bond acceptors (Lipinski definition) is 4. The van der Waals surface area contributed by atoms with Crippen LogP contribution in [0.1, 0.15) is 32.0 Å². The van der Waals surface area contributed by atoms with Crippen molar-refractivity contribution in [3.05, 3.63) is 24.0 Å². The number of nitrogens with one attached hydrogen (secondary N) is 2. The molecular formula is C16H24N4OS. The van der Waals surface area contributed by atoms with Crippen molar-refractivity contribution in [1.29, 1.82) is 0 Å². The van der Waals surface area contributed by atoms with Gasteiger partial charge in [0.25, 0.3) is 0 Å². The molecule has 5 nitrogen and oxygen atoms in total. The molecule has 0 saturated heterocycles. The van der Waals surface area contributed by atoms with Crippen molar-refractivity contribution in [1.82, 2.24) is 9.97 Å². The number of fused-ring (bicyclic) bond motifs is 1. The van der Waals surface area contributed by atoms with Gasteiger partial charge in [-0.2, -0.15) is 11.8 Å². The summed E-state index contributed by atoms with van der Waals surface area (Å²) in [6, 6.07) is 5.23. The fourth-order valence-corrected chi connectivity index (χ4v) is 2.70. The lowest BCUT2D eigenvalue weighted by molar-refractivity contribution is -0.117. The summed E-state index contributed by atoms with van der Waals surface area (Å²) in [6.07, 6.45) is 5.90. The number of hydrogen-bond donors (Lipinski definition) is 3. The average molecular weight is 320 g/mol. The van der Waals surface area contributed by atoms with Crippen LogP contribution in [0.5, 0.6) is 0 Å². The number of aromatic nitrogens is 2. The molecule has 0 radical (unpaired) electrons. The Hall–Kier alpha value is -1.53. The second kappa shape index (κ2) is 8.19. The summed E-state index contributed by atoms with van der Waals surface area (Å²) in [4.78, 5) is 19.9. The SMILES string of the molecule is CCCCc1nc2ccc(NC(=O)[C@@H](N)CCSC)cc2[nH]1. The maximum Gasteiger partial charge on any atom is 0.241 e. The van der Waals surface area contributed by atoms with Crippen molar-refractivity contribution < 1.29 is 4.79 Å². The first-order valence-electron chi connectivity index (χ1n) is 7.68. The number of nitrogens with zero attached hydrogens (tertiary/aromatic N) is 1. The summed E-state index contributed by atoms with van der Waals surface area (Å²) in [7, 11) is 0.